The number of unbranched alkanes of at least 4 members (excludes halogenated alkanes) is 1. The number of phenolic OH excluding ortho intramolecular Hbond substituents is 1. The van der Waals surface area contributed by atoms with E-state index in [2.05, 4.69) is 36.9 Å². The van der Waals surface area contributed by atoms with Crippen LogP contribution in [0, 0.1) is 17.6 Å². The van der Waals surface area contributed by atoms with Gasteiger partial charge in [0.2, 0.25) is 59.1 Å². The van der Waals surface area contributed by atoms with Gasteiger partial charge in [-0.25, -0.2) is 8.78 Å². The Hall–Kier alpha value is -9.85. The van der Waals surface area contributed by atoms with E-state index in [-0.39, 0.29) is 113 Å². The molecule has 0 unspecified atom stereocenters. The molecule has 0 saturated carbocycles. The molecule has 28 nitrogen and oxygen atoms in total. The number of fused-ring (bicyclic) bond motifs is 1. The molecule has 0 radical (unpaired) electrons. The third-order valence-corrected chi connectivity index (χ3v) is 19.8. The zero-order valence-corrected chi connectivity index (χ0v) is 61.1. The maximum atomic E-state index is 15.2. The van der Waals surface area contributed by atoms with Gasteiger partial charge in [0, 0.05) is 88.7 Å². The number of thioether (sulfide) groups is 1. The van der Waals surface area contributed by atoms with Crippen LogP contribution < -0.4 is 43.4 Å². The Morgan fingerprint density at radius 3 is 2.01 bits per heavy atom. The lowest BCUT2D eigenvalue weighted by molar-refractivity contribution is -0.152. The fourth-order valence-corrected chi connectivity index (χ4v) is 13.8. The first-order chi connectivity index (χ1) is 50.6. The van der Waals surface area contributed by atoms with E-state index >= 15 is 9.59 Å². The standard InChI is InChI=1S/C75H99F2N13O15S/c1-6-7-20-62(75(105)89-30-14-21-61(89)70(100)82-49(42-91)38-66(95)96)87(4)74(104)64(36-45-15-9-8-10-16-45)88(5)73(103)60(35-47-24-27-53(76)54(77)33-47)83-65(94)43-106-31-29-80-67(97)57(32-44(2)3)84-68(98)58(34-46-22-25-50(92)26-23-46)85-69(99)59(37-48-40-81-56-19-12-11-17-52(48)56)86-71(101)63-39-51(93)41-90(63)72(102)55(79)18-13-28-78/h8-12,15-17,19,22-27,33,40,42,44,49,51,55,57-64,81,92-93H,6-7,13-14,18,20-21,28-32,34-39,41,43,78-79H2,1-5H3,(H,80,97)(H,82,100)(H,83,94)(H,84,98)(H,85,99)(H,86,101)(H,95,96)/t49-,51+,55-,57-,58-,59-,60-,61+,62-,63+,64-/m0/s1. The number of aromatic amines is 1. The lowest BCUT2D eigenvalue weighted by Gasteiger charge is -2.38. The number of aliphatic hydroxyl groups is 1. The number of hydrogen-bond donors (Lipinski definition) is 12. The number of likely N-dealkylation sites (N-methyl/N-ethyl adjacent to an activating group) is 2. The monoisotopic (exact) mass is 1490 g/mol. The highest BCUT2D eigenvalue weighted by Crippen LogP contribution is 2.27. The van der Waals surface area contributed by atoms with E-state index in [1.54, 1.807) is 54.7 Å². The van der Waals surface area contributed by atoms with Crippen molar-refractivity contribution >= 4 is 94.0 Å². The van der Waals surface area contributed by atoms with E-state index < -0.39 is 150 Å². The molecule has 14 N–H and O–H groups in total. The minimum atomic E-state index is -1.50. The highest BCUT2D eigenvalue weighted by Gasteiger charge is 2.45. The summed E-state index contributed by atoms with van der Waals surface area (Å²) in [6.07, 6.45) is 1.88. The molecule has 106 heavy (non-hydrogen) atoms. The number of aliphatic carboxylic acids is 1. The molecule has 10 amide bonds. The predicted octanol–water partition coefficient (Wildman–Crippen LogP) is 2.28. The van der Waals surface area contributed by atoms with Crippen molar-refractivity contribution in [2.45, 2.75) is 177 Å². The van der Waals surface area contributed by atoms with Crippen molar-refractivity contribution in [2.24, 2.45) is 17.4 Å². The number of aldehydes is 1. The van der Waals surface area contributed by atoms with Crippen LogP contribution in [0.25, 0.3) is 10.9 Å². The number of carbonyl (C=O) groups is 12. The fraction of sp³-hybridized carbons (Fsp3) is 0.493. The molecule has 2 aliphatic heterocycles. The van der Waals surface area contributed by atoms with Gasteiger partial charge in [-0.2, -0.15) is 11.8 Å². The molecular weight excluding hydrogens is 1390 g/mol. The Morgan fingerprint density at radius 2 is 1.34 bits per heavy atom. The first-order valence-corrected chi connectivity index (χ1v) is 36.9. The zero-order valence-electron chi connectivity index (χ0n) is 60.3. The van der Waals surface area contributed by atoms with Gasteiger partial charge in [-0.15, -0.1) is 0 Å². The molecular formula is C75H99F2N13O15S. The molecule has 5 aromatic rings. The van der Waals surface area contributed by atoms with Crippen molar-refractivity contribution in [3.63, 3.8) is 0 Å². The van der Waals surface area contributed by atoms with Crippen LogP contribution in [0.15, 0.2) is 103 Å². The molecule has 574 valence electrons. The van der Waals surface area contributed by atoms with E-state index in [1.165, 1.54) is 47.0 Å². The number of H-pyrrole nitrogens is 1. The smallest absolute Gasteiger partial charge is 0.305 e. The van der Waals surface area contributed by atoms with Crippen molar-refractivity contribution < 1.29 is 81.6 Å². The number of para-hydroxylation sites is 1. The van der Waals surface area contributed by atoms with E-state index in [0.717, 1.165) is 39.7 Å². The fourth-order valence-electron chi connectivity index (χ4n) is 13.2. The van der Waals surface area contributed by atoms with Crippen LogP contribution in [-0.4, -0.2) is 230 Å². The second-order valence-electron chi connectivity index (χ2n) is 27.4. The number of carboxylic acids is 1. The number of nitrogens with two attached hydrogens (primary N) is 2. The van der Waals surface area contributed by atoms with Gasteiger partial charge in [0.25, 0.3) is 0 Å². The quantitative estimate of drug-likeness (QED) is 0.0198. The first-order valence-electron chi connectivity index (χ1n) is 35.7. The molecule has 2 saturated heterocycles. The number of hydrogen-bond acceptors (Lipinski definition) is 17. The van der Waals surface area contributed by atoms with Gasteiger partial charge in [0.1, 0.15) is 60.4 Å². The van der Waals surface area contributed by atoms with E-state index in [1.807, 2.05) is 39.0 Å². The Bertz CT molecular complexity index is 3870. The SMILES string of the molecule is CCCC[C@@H](C(=O)N1CCC[C@@H]1C(=O)N[C@H](C=O)CC(=O)O)N(C)C(=O)[C@H](Cc1ccccc1)N(C)C(=O)[C@H](Cc1ccc(F)c(F)c1)NC(=O)CSCCNC(=O)[C@H](CC(C)C)NC(=O)[C@H](Cc1ccc(O)cc1)NC(=O)[C@H](Cc1c[nH]c2ccccc12)NC(=O)[C@H]1C[C@@H](O)CN1C(=O)[C@@H](N)CCCN. The van der Waals surface area contributed by atoms with E-state index in [4.69, 9.17) is 11.5 Å². The van der Waals surface area contributed by atoms with Gasteiger partial charge in [-0.1, -0.05) is 100 Å². The summed E-state index contributed by atoms with van der Waals surface area (Å²) in [6, 6.07) is 12.1. The Morgan fingerprint density at radius 1 is 0.698 bits per heavy atom. The van der Waals surface area contributed by atoms with Gasteiger partial charge < -0.3 is 88.1 Å². The molecule has 0 spiro atoms. The Balaban J connectivity index is 1.05. The molecule has 2 fully saturated rings. The predicted molar refractivity (Wildman–Crippen MR) is 392 cm³/mol. The molecule has 7 rings (SSSR count). The number of rotatable bonds is 40. The zero-order chi connectivity index (χ0) is 77.3. The van der Waals surface area contributed by atoms with Crippen molar-refractivity contribution in [3.05, 3.63) is 137 Å². The minimum Gasteiger partial charge on any atom is -0.508 e. The summed E-state index contributed by atoms with van der Waals surface area (Å²) in [7, 11) is 2.75. The molecule has 4 aromatic carbocycles. The number of aromatic nitrogens is 1. The summed E-state index contributed by atoms with van der Waals surface area (Å²) in [5, 5.41) is 47.3. The molecule has 1 aromatic heterocycles. The maximum absolute atomic E-state index is 15.2. The summed E-state index contributed by atoms with van der Waals surface area (Å²) < 4.78 is 29.2. The number of aromatic hydroxyl groups is 1. The molecule has 11 atom stereocenters. The number of aliphatic hydroxyl groups excluding tert-OH is 1. The topological polar surface area (TPSA) is 418 Å². The summed E-state index contributed by atoms with van der Waals surface area (Å²) >= 11 is 1.05. The third kappa shape index (κ3) is 23.8. The van der Waals surface area contributed by atoms with Crippen LogP contribution in [0.4, 0.5) is 8.78 Å². The minimum absolute atomic E-state index is 0.0532. The number of nitrogens with one attached hydrogen (secondary N) is 7. The normalized spacial score (nSPS) is 17.2. The van der Waals surface area contributed by atoms with Crippen molar-refractivity contribution in [3.8, 4) is 5.75 Å². The van der Waals surface area contributed by atoms with Crippen LogP contribution in [0.5, 0.6) is 5.75 Å². The average Bonchev–Trinajstić information content (AvgIpc) is 1.28. The number of carbonyl (C=O) groups excluding carboxylic acids is 11. The summed E-state index contributed by atoms with van der Waals surface area (Å²) in [6.45, 7) is 5.69. The number of amides is 10. The first kappa shape index (κ1) is 83.4. The van der Waals surface area contributed by atoms with Gasteiger partial charge in [0.15, 0.2) is 11.6 Å². The Kier molecular flexibility index (Phi) is 31.9. The van der Waals surface area contributed by atoms with Gasteiger partial charge in [-0.3, -0.25) is 52.7 Å². The van der Waals surface area contributed by atoms with Gasteiger partial charge >= 0.3 is 5.97 Å². The lowest BCUT2D eigenvalue weighted by Crippen LogP contribution is -2.59. The van der Waals surface area contributed by atoms with Crippen LogP contribution in [-0.2, 0) is 83.2 Å². The van der Waals surface area contributed by atoms with Crippen LogP contribution >= 0.6 is 11.8 Å². The largest absolute Gasteiger partial charge is 0.508 e. The highest BCUT2D eigenvalue weighted by molar-refractivity contribution is 7.99. The number of carboxylic acid groups (broad SMARTS) is 1. The molecule has 3 heterocycles. The van der Waals surface area contributed by atoms with E-state index in [0.29, 0.717) is 48.7 Å². The Labute approximate surface area is 618 Å². The van der Waals surface area contributed by atoms with Crippen LogP contribution in [0.1, 0.15) is 107 Å². The number of likely N-dealkylation sites (tertiary alicyclic amines) is 2. The van der Waals surface area contributed by atoms with E-state index in [9.17, 15) is 72.0 Å². The second kappa shape index (κ2) is 40.6. The number of benzene rings is 4. The van der Waals surface area contributed by atoms with Crippen molar-refractivity contribution in [1.29, 1.82) is 0 Å². The van der Waals surface area contributed by atoms with Crippen LogP contribution in [0.2, 0.25) is 0 Å². The number of β-amino-alcohol motifs (C(OH)–C–C–N with tert-alkyl or cyclic N) is 1. The third-order valence-electron chi connectivity index (χ3n) is 18.8. The summed E-state index contributed by atoms with van der Waals surface area (Å²) in [5.41, 5.74) is 14.5. The van der Waals surface area contributed by atoms with Gasteiger partial charge in [0.05, 0.1) is 30.4 Å². The second-order valence-corrected chi connectivity index (χ2v) is 28.5. The number of nitrogens with zero attached hydrogens (tertiary/aromatic N) is 4. The number of phenols is 1. The number of halogens is 2. The van der Waals surface area contributed by atoms with Crippen molar-refractivity contribution in [2.75, 3.05) is 51.8 Å². The van der Waals surface area contributed by atoms with Crippen LogP contribution in [0.3, 0.4) is 0 Å². The average molecular weight is 1490 g/mol. The van der Waals surface area contributed by atoms with Crippen molar-refractivity contribution in [1.82, 2.24) is 56.5 Å². The summed E-state index contributed by atoms with van der Waals surface area (Å²) in [5.74, 6) is -11.3. The molecule has 2 aliphatic rings. The van der Waals surface area contributed by atoms with Gasteiger partial charge in [-0.05, 0) is 104 Å². The summed E-state index contributed by atoms with van der Waals surface area (Å²) in [4.78, 5) is 175. The molecule has 0 bridgehead atoms. The molecule has 31 heteroatoms. The lowest BCUT2D eigenvalue weighted by atomic mass is 9.99. The molecule has 0 aliphatic carbocycles. The highest BCUT2D eigenvalue weighted by atomic mass is 32.2. The maximum Gasteiger partial charge on any atom is 0.305 e.